The molecule has 0 N–H and O–H groups in total. The van der Waals surface area contributed by atoms with Crippen LogP contribution in [0.25, 0.3) is 0 Å². The Morgan fingerprint density at radius 3 is 1.10 bits per heavy atom. The van der Waals surface area contributed by atoms with Gasteiger partial charge in [-0.25, -0.2) is 28.1 Å². The molecule has 0 radical (unpaired) electrons. The summed E-state index contributed by atoms with van der Waals surface area (Å²) in [6.45, 7) is 8.00. The number of aromatic nitrogens is 7. The smallest absolute Gasteiger partial charge is 0.248 e. The van der Waals surface area contributed by atoms with Crippen LogP contribution >= 0.6 is 0 Å². The van der Waals surface area contributed by atoms with Gasteiger partial charge in [-0.1, -0.05) is 13.8 Å². The van der Waals surface area contributed by atoms with E-state index >= 15 is 0 Å². The molecule has 0 fully saturated rings. The van der Waals surface area contributed by atoms with Gasteiger partial charge in [-0.2, -0.15) is 20.4 Å². The van der Waals surface area contributed by atoms with Crippen LogP contribution in [0.4, 0.5) is 0 Å². The monoisotopic (exact) mass is 415 g/mol. The van der Waals surface area contributed by atoms with Crippen molar-refractivity contribution in [1.82, 2.24) is 34.1 Å². The summed E-state index contributed by atoms with van der Waals surface area (Å²) in [5.41, 5.74) is 2.25. The first-order valence-corrected chi connectivity index (χ1v) is 9.53. The third-order valence-electron chi connectivity index (χ3n) is 4.15. The van der Waals surface area contributed by atoms with E-state index in [1.807, 2.05) is 38.1 Å². The third kappa shape index (κ3) is 6.87. The van der Waals surface area contributed by atoms with Gasteiger partial charge < -0.3 is 0 Å². The van der Waals surface area contributed by atoms with E-state index in [4.69, 9.17) is 0 Å². The van der Waals surface area contributed by atoms with Crippen molar-refractivity contribution >= 4 is 0 Å². The van der Waals surface area contributed by atoms with E-state index in [0.717, 1.165) is 49.3 Å². The zero-order valence-corrected chi connectivity index (χ0v) is 18.6. The lowest BCUT2D eigenvalue weighted by Gasteiger charge is -2.02. The second-order valence-corrected chi connectivity index (χ2v) is 6.56. The minimum absolute atomic E-state index is 0.608. The maximum Gasteiger partial charge on any atom is 0.335 e. The maximum absolute atomic E-state index is 11.1. The molecule has 30 heavy (non-hydrogen) atoms. The van der Waals surface area contributed by atoms with Crippen molar-refractivity contribution in [2.24, 2.45) is 21.1 Å². The Bertz CT molecular complexity index is 966. The van der Waals surface area contributed by atoms with E-state index in [1.165, 1.54) is 21.1 Å². The van der Waals surface area contributed by atoms with Crippen molar-refractivity contribution < 1.29 is 0 Å². The van der Waals surface area contributed by atoms with Crippen molar-refractivity contribution in [2.45, 2.75) is 40.5 Å². The zero-order chi connectivity index (χ0) is 22.8. The van der Waals surface area contributed by atoms with Gasteiger partial charge in [-0.15, -0.1) is 0 Å². The summed E-state index contributed by atoms with van der Waals surface area (Å²) in [5.74, 6) is 0. The minimum atomic E-state index is -0.608. The van der Waals surface area contributed by atoms with Crippen molar-refractivity contribution in [3.8, 4) is 0 Å². The highest BCUT2D eigenvalue weighted by molar-refractivity contribution is 5.06. The van der Waals surface area contributed by atoms with Crippen molar-refractivity contribution in [3.63, 3.8) is 0 Å². The average Bonchev–Trinajstić information content (AvgIpc) is 2.78. The molecule has 162 valence electrons. The van der Waals surface area contributed by atoms with Gasteiger partial charge >= 0.3 is 17.1 Å². The third-order valence-corrected chi connectivity index (χ3v) is 4.15. The normalized spacial score (nSPS) is 9.83. The second-order valence-electron chi connectivity index (χ2n) is 6.56. The van der Waals surface area contributed by atoms with Crippen LogP contribution in [-0.2, 0) is 34.0 Å². The Kier molecular flexibility index (Phi) is 9.47. The summed E-state index contributed by atoms with van der Waals surface area (Å²) < 4.78 is 2.63. The van der Waals surface area contributed by atoms with Crippen LogP contribution in [0.15, 0.2) is 38.6 Å². The number of hydrogen-bond donors (Lipinski definition) is 0. The van der Waals surface area contributed by atoms with Crippen LogP contribution < -0.4 is 17.1 Å². The summed E-state index contributed by atoms with van der Waals surface area (Å²) >= 11 is 0. The van der Waals surface area contributed by atoms with Gasteiger partial charge in [-0.3, -0.25) is 0 Å². The molecule has 0 aliphatic rings. The first kappa shape index (κ1) is 24.6. The highest BCUT2D eigenvalue weighted by Crippen LogP contribution is 1.96. The van der Waals surface area contributed by atoms with Crippen LogP contribution in [-0.4, -0.2) is 34.1 Å². The first-order chi connectivity index (χ1) is 14.1. The lowest BCUT2D eigenvalue weighted by atomic mass is 10.2. The quantitative estimate of drug-likeness (QED) is 0.597. The van der Waals surface area contributed by atoms with E-state index in [1.54, 1.807) is 0 Å². The van der Waals surface area contributed by atoms with Gasteiger partial charge in [0.2, 0.25) is 0 Å². The molecular formula is C20H29N7O3. The summed E-state index contributed by atoms with van der Waals surface area (Å²) in [6.07, 6.45) is 1.94. The highest BCUT2D eigenvalue weighted by Gasteiger charge is 2.05. The fraction of sp³-hybridized carbons (Fsp3) is 0.450. The maximum atomic E-state index is 11.1. The first-order valence-electron chi connectivity index (χ1n) is 9.53. The van der Waals surface area contributed by atoms with E-state index in [2.05, 4.69) is 34.2 Å². The molecule has 0 spiro atoms. The average molecular weight is 415 g/mol. The molecule has 0 aromatic carbocycles. The lowest BCUT2D eigenvalue weighted by Crippen LogP contribution is -2.51. The summed E-state index contributed by atoms with van der Waals surface area (Å²) in [5, 5.41) is 15.7. The van der Waals surface area contributed by atoms with Gasteiger partial charge in [0.15, 0.2) is 0 Å². The fourth-order valence-electron chi connectivity index (χ4n) is 2.15. The molecule has 0 atom stereocenters. The van der Waals surface area contributed by atoms with Gasteiger partial charge in [0.05, 0.1) is 22.8 Å². The van der Waals surface area contributed by atoms with Gasteiger partial charge in [0.1, 0.15) is 0 Å². The van der Waals surface area contributed by atoms with E-state index < -0.39 is 17.1 Å². The number of rotatable bonds is 2. The van der Waals surface area contributed by atoms with E-state index in [-0.39, 0.29) is 0 Å². The zero-order valence-electron chi connectivity index (χ0n) is 18.6. The molecule has 3 rings (SSSR count). The molecule has 3 aromatic heterocycles. The Labute approximate surface area is 174 Å². The number of nitrogens with zero attached hydrogens (tertiary/aromatic N) is 7. The van der Waals surface area contributed by atoms with Crippen molar-refractivity contribution in [1.29, 1.82) is 0 Å². The fourth-order valence-corrected chi connectivity index (χ4v) is 2.15. The second kappa shape index (κ2) is 11.5. The standard InChI is InChI=1S/C8H12N2.C6H9N3O3.C6H8N2/c1-3-7-5-6-8(4-2)10-9-7;1-7-4(10)8(2)6(12)9(3)5(7)11;1-5-3-4-6(2)8-7-5/h5-6H,3-4H2,1-2H3;1-3H3;3-4H,1-2H3. The summed E-state index contributed by atoms with van der Waals surface area (Å²) in [6, 6.07) is 7.96. The SMILES string of the molecule is CCc1ccc(CC)nn1.Cc1ccc(C)nn1.Cn1c(=O)n(C)c(=O)n(C)c1=O. The molecule has 0 amide bonds. The van der Waals surface area contributed by atoms with Crippen LogP contribution in [0.3, 0.4) is 0 Å². The Morgan fingerprint density at radius 2 is 0.900 bits per heavy atom. The molecule has 0 bridgehead atoms. The van der Waals surface area contributed by atoms with Crippen LogP contribution in [0.2, 0.25) is 0 Å². The molecular weight excluding hydrogens is 386 g/mol. The largest absolute Gasteiger partial charge is 0.335 e. The molecule has 0 aliphatic carbocycles. The van der Waals surface area contributed by atoms with Crippen molar-refractivity contribution in [3.05, 3.63) is 78.5 Å². The van der Waals surface area contributed by atoms with Crippen molar-refractivity contribution in [2.75, 3.05) is 0 Å². The molecule has 0 saturated carbocycles. The molecule has 0 aliphatic heterocycles. The molecule has 10 heteroatoms. The molecule has 0 unspecified atom stereocenters. The highest BCUT2D eigenvalue weighted by atomic mass is 16.2. The van der Waals surface area contributed by atoms with Gasteiger partial charge in [-0.05, 0) is 51.0 Å². The number of hydrogen-bond acceptors (Lipinski definition) is 7. The number of aryl methyl sites for hydroxylation is 4. The molecule has 3 heterocycles. The lowest BCUT2D eigenvalue weighted by molar-refractivity contribution is 0.551. The molecule has 0 saturated heterocycles. The Morgan fingerprint density at radius 1 is 0.600 bits per heavy atom. The topological polar surface area (TPSA) is 118 Å². The summed E-state index contributed by atoms with van der Waals surface area (Å²) in [7, 11) is 3.97. The van der Waals surface area contributed by atoms with E-state index in [0.29, 0.717) is 0 Å². The van der Waals surface area contributed by atoms with E-state index in [9.17, 15) is 14.4 Å². The van der Waals surface area contributed by atoms with Gasteiger partial charge in [0.25, 0.3) is 0 Å². The predicted octanol–water partition coefficient (Wildman–Crippen LogP) is 0.478. The Hall–Kier alpha value is -3.43. The minimum Gasteiger partial charge on any atom is -0.248 e. The Balaban J connectivity index is 0.000000230. The molecule has 10 nitrogen and oxygen atoms in total. The van der Waals surface area contributed by atoms with Crippen LogP contribution in [0.1, 0.15) is 36.6 Å². The van der Waals surface area contributed by atoms with Gasteiger partial charge in [0, 0.05) is 21.1 Å². The van der Waals surface area contributed by atoms with Crippen LogP contribution in [0.5, 0.6) is 0 Å². The molecule has 3 aromatic rings. The van der Waals surface area contributed by atoms with Crippen LogP contribution in [0, 0.1) is 13.8 Å². The predicted molar refractivity (Wildman–Crippen MR) is 114 cm³/mol. The summed E-state index contributed by atoms with van der Waals surface area (Å²) in [4.78, 5) is 33.2.